The number of rotatable bonds is 3. The Hall–Kier alpha value is -4.04. The molecule has 0 saturated heterocycles. The number of ether oxygens (including phenoxy) is 1. The van der Waals surface area contributed by atoms with Gasteiger partial charge in [-0.15, -0.1) is 0 Å². The highest BCUT2D eigenvalue weighted by Crippen LogP contribution is 2.60. The molecule has 4 atom stereocenters. The lowest BCUT2D eigenvalue weighted by atomic mass is 9.63. The second-order valence-electron chi connectivity index (χ2n) is 10.1. The van der Waals surface area contributed by atoms with Crippen LogP contribution in [0.5, 0.6) is 0 Å². The van der Waals surface area contributed by atoms with Crippen LogP contribution >= 0.6 is 0 Å². The predicted octanol–water partition coefficient (Wildman–Crippen LogP) is 4.73. The maximum absolute atomic E-state index is 14.6. The van der Waals surface area contributed by atoms with E-state index in [9.17, 15) is 24.8 Å². The number of fused-ring (bicyclic) bond motifs is 2. The second kappa shape index (κ2) is 8.27. The third-order valence-electron chi connectivity index (χ3n) is 6.94. The van der Waals surface area contributed by atoms with Crippen LogP contribution in [0.25, 0.3) is 0 Å². The fourth-order valence-corrected chi connectivity index (χ4v) is 5.69. The maximum atomic E-state index is 14.6. The van der Waals surface area contributed by atoms with Gasteiger partial charge < -0.3 is 9.84 Å². The van der Waals surface area contributed by atoms with Crippen molar-refractivity contribution < 1.29 is 24.4 Å². The number of carbonyl (C=O) groups is 2. The summed E-state index contributed by atoms with van der Waals surface area (Å²) in [5.41, 5.74) is -0.363. The number of aliphatic hydroxyl groups excluding tert-OH is 1. The third-order valence-corrected chi connectivity index (χ3v) is 6.94. The summed E-state index contributed by atoms with van der Waals surface area (Å²) >= 11 is 0. The number of imide groups is 1. The van der Waals surface area contributed by atoms with E-state index in [0.29, 0.717) is 27.9 Å². The van der Waals surface area contributed by atoms with E-state index in [2.05, 4.69) is 0 Å². The van der Waals surface area contributed by atoms with Crippen LogP contribution in [0.2, 0.25) is 0 Å². The molecule has 8 nitrogen and oxygen atoms in total. The van der Waals surface area contributed by atoms with E-state index >= 15 is 0 Å². The zero-order chi connectivity index (χ0) is 25.8. The molecule has 5 rings (SSSR count). The van der Waals surface area contributed by atoms with Crippen molar-refractivity contribution in [3.8, 4) is 0 Å². The lowest BCUT2D eigenvalue weighted by molar-refractivity contribution is -0.538. The normalized spacial score (nSPS) is 24.8. The van der Waals surface area contributed by atoms with Crippen LogP contribution in [0.15, 0.2) is 78.9 Å². The highest BCUT2D eigenvalue weighted by molar-refractivity contribution is 6.23. The van der Waals surface area contributed by atoms with E-state index in [0.717, 1.165) is 4.90 Å². The lowest BCUT2D eigenvalue weighted by Gasteiger charge is -2.36. The molecule has 2 amide bonds. The summed E-state index contributed by atoms with van der Waals surface area (Å²) in [5, 5.41) is 23.6. The zero-order valence-electron chi connectivity index (χ0n) is 20.1. The van der Waals surface area contributed by atoms with Crippen molar-refractivity contribution in [2.24, 2.45) is 0 Å². The average molecular weight is 487 g/mol. The van der Waals surface area contributed by atoms with Crippen molar-refractivity contribution in [2.75, 3.05) is 4.90 Å². The summed E-state index contributed by atoms with van der Waals surface area (Å²) in [4.78, 5) is 40.9. The highest BCUT2D eigenvalue weighted by atomic mass is 16.6. The zero-order valence-corrected chi connectivity index (χ0v) is 20.1. The summed E-state index contributed by atoms with van der Waals surface area (Å²) in [5.74, 6) is -1.73. The molecule has 1 aliphatic carbocycles. The van der Waals surface area contributed by atoms with Crippen molar-refractivity contribution in [3.05, 3.63) is 111 Å². The lowest BCUT2D eigenvalue weighted by Crippen LogP contribution is -2.51. The molecular formula is C28H26N2O6. The van der Waals surface area contributed by atoms with Gasteiger partial charge in [0.2, 0.25) is 0 Å². The van der Waals surface area contributed by atoms with Crippen LogP contribution in [0.3, 0.4) is 0 Å². The van der Waals surface area contributed by atoms with Gasteiger partial charge in [-0.2, -0.15) is 0 Å². The Bertz CT molecular complexity index is 1370. The number of nitrogens with zero attached hydrogens (tertiary/aromatic N) is 2. The Kier molecular flexibility index (Phi) is 5.44. The van der Waals surface area contributed by atoms with Crippen LogP contribution in [0.1, 0.15) is 55.0 Å². The van der Waals surface area contributed by atoms with Crippen LogP contribution in [0.4, 0.5) is 10.5 Å². The van der Waals surface area contributed by atoms with Crippen molar-refractivity contribution in [2.45, 2.75) is 49.9 Å². The molecular weight excluding hydrogens is 460 g/mol. The smallest absolute Gasteiger partial charge is 0.421 e. The van der Waals surface area contributed by atoms with E-state index < -0.39 is 46.0 Å². The first-order valence-electron chi connectivity index (χ1n) is 11.7. The number of anilines is 1. The van der Waals surface area contributed by atoms with Crippen LogP contribution in [-0.4, -0.2) is 33.7 Å². The van der Waals surface area contributed by atoms with Crippen LogP contribution in [-0.2, 0) is 14.9 Å². The van der Waals surface area contributed by atoms with Gasteiger partial charge >= 0.3 is 6.09 Å². The Morgan fingerprint density at radius 2 is 1.56 bits per heavy atom. The van der Waals surface area contributed by atoms with E-state index in [1.807, 2.05) is 0 Å². The van der Waals surface area contributed by atoms with Gasteiger partial charge in [-0.25, -0.2) is 9.69 Å². The molecule has 3 aromatic rings. The summed E-state index contributed by atoms with van der Waals surface area (Å²) in [6.07, 6.45) is -2.28. The Morgan fingerprint density at radius 3 is 2.19 bits per heavy atom. The van der Waals surface area contributed by atoms with Crippen molar-refractivity contribution in [3.63, 3.8) is 0 Å². The number of amides is 2. The summed E-state index contributed by atoms with van der Waals surface area (Å²) in [6, 6.07) is 20.8. The molecule has 0 aromatic heterocycles. The molecule has 0 saturated carbocycles. The summed E-state index contributed by atoms with van der Waals surface area (Å²) in [6.45, 7) is 5.11. The summed E-state index contributed by atoms with van der Waals surface area (Å²) in [7, 11) is 0. The molecule has 1 heterocycles. The van der Waals surface area contributed by atoms with Gasteiger partial charge in [0.15, 0.2) is 0 Å². The first kappa shape index (κ1) is 23.7. The number of para-hydroxylation sites is 1. The van der Waals surface area contributed by atoms with Crippen molar-refractivity contribution in [1.82, 2.24) is 0 Å². The highest BCUT2D eigenvalue weighted by Gasteiger charge is 2.67. The molecule has 36 heavy (non-hydrogen) atoms. The van der Waals surface area contributed by atoms with Gasteiger partial charge in [-0.3, -0.25) is 14.9 Å². The number of carbonyl (C=O) groups excluding carboxylic acids is 2. The fourth-order valence-electron chi connectivity index (χ4n) is 5.69. The molecule has 3 aromatic carbocycles. The fraction of sp³-hybridized carbons (Fsp3) is 0.286. The van der Waals surface area contributed by atoms with Gasteiger partial charge in [-0.05, 0) is 49.1 Å². The molecule has 0 bridgehead atoms. The average Bonchev–Trinajstić information content (AvgIpc) is 3.27. The molecule has 184 valence electrons. The van der Waals surface area contributed by atoms with E-state index in [1.165, 1.54) is 0 Å². The molecule has 0 spiro atoms. The van der Waals surface area contributed by atoms with Gasteiger partial charge in [0.25, 0.3) is 11.9 Å². The molecule has 8 heteroatoms. The number of nitro groups is 1. The Morgan fingerprint density at radius 1 is 0.972 bits per heavy atom. The van der Waals surface area contributed by atoms with Crippen LogP contribution < -0.4 is 4.90 Å². The first-order chi connectivity index (χ1) is 17.1. The van der Waals surface area contributed by atoms with Gasteiger partial charge in [0.05, 0.1) is 11.6 Å². The summed E-state index contributed by atoms with van der Waals surface area (Å²) < 4.78 is 5.59. The van der Waals surface area contributed by atoms with Crippen molar-refractivity contribution >= 4 is 17.7 Å². The minimum Gasteiger partial charge on any atom is -0.443 e. The van der Waals surface area contributed by atoms with Crippen LogP contribution in [0, 0.1) is 10.1 Å². The van der Waals surface area contributed by atoms with Gasteiger partial charge in [-0.1, -0.05) is 72.8 Å². The Labute approximate surface area is 208 Å². The van der Waals surface area contributed by atoms with E-state index in [1.54, 1.807) is 99.6 Å². The van der Waals surface area contributed by atoms with Gasteiger partial charge in [0.1, 0.15) is 17.1 Å². The largest absolute Gasteiger partial charge is 0.443 e. The molecule has 2 aliphatic rings. The number of benzene rings is 3. The quantitative estimate of drug-likeness (QED) is 0.423. The maximum Gasteiger partial charge on any atom is 0.421 e. The number of aliphatic hydroxyl groups is 1. The van der Waals surface area contributed by atoms with E-state index in [-0.39, 0.29) is 0 Å². The molecule has 0 radical (unpaired) electrons. The molecule has 1 aliphatic heterocycles. The first-order valence-corrected chi connectivity index (χ1v) is 11.7. The number of hydrogen-bond acceptors (Lipinski definition) is 6. The SMILES string of the molecule is CC(C)(C)OC(=O)N1C(=O)[C@@](c2ccccc2)([C@H]2c3ccccc3[C@@H](O)[C@H]2[N+](=O)[O-])c2ccccc21. The van der Waals surface area contributed by atoms with Gasteiger partial charge in [0, 0.05) is 4.92 Å². The minimum atomic E-state index is -1.65. The monoisotopic (exact) mass is 486 g/mol. The van der Waals surface area contributed by atoms with Crippen molar-refractivity contribution in [1.29, 1.82) is 0 Å². The molecule has 1 N–H and O–H groups in total. The standard InChI is InChI=1S/C28H26N2O6/c1-27(2,3)36-26(33)29-21-16-10-9-15-20(21)28(25(29)32,17-11-5-4-6-12-17)22-18-13-7-8-14-19(18)24(31)23(22)30(34)35/h4-16,22-24,31H,1-3H3/t22-,23-,24+,28+/m0/s1. The molecule has 0 fully saturated rings. The Balaban J connectivity index is 1.85. The van der Waals surface area contributed by atoms with E-state index in [4.69, 9.17) is 4.74 Å². The predicted molar refractivity (Wildman–Crippen MR) is 132 cm³/mol. The number of hydrogen-bond donors (Lipinski definition) is 1. The third kappa shape index (κ3) is 3.32. The minimum absolute atomic E-state index is 0.307. The topological polar surface area (TPSA) is 110 Å². The molecule has 0 unspecified atom stereocenters. The second-order valence-corrected chi connectivity index (χ2v) is 10.1.